The van der Waals surface area contributed by atoms with Crippen LogP contribution in [0.2, 0.25) is 0 Å². The average molecular weight is 646 g/mol. The van der Waals surface area contributed by atoms with Gasteiger partial charge in [-0.2, -0.15) is 0 Å². The van der Waals surface area contributed by atoms with E-state index in [4.69, 9.17) is 9.97 Å². The molecule has 0 atom stereocenters. The third-order valence-corrected chi connectivity index (χ3v) is 10.3. The molecule has 4 aromatic carbocycles. The summed E-state index contributed by atoms with van der Waals surface area (Å²) in [5.41, 5.74) is 15.8. The summed E-state index contributed by atoms with van der Waals surface area (Å²) in [5, 5.41) is 0. The van der Waals surface area contributed by atoms with Crippen molar-refractivity contribution in [3.63, 3.8) is 0 Å². The van der Waals surface area contributed by atoms with Crippen molar-refractivity contribution in [3.8, 4) is 44.5 Å². The molecular formula is C45H31N3S. The molecule has 7 aromatic rings. The van der Waals surface area contributed by atoms with Gasteiger partial charge in [-0.05, 0) is 77.7 Å². The molecule has 3 nitrogen and oxygen atoms in total. The molecule has 5 heterocycles. The lowest BCUT2D eigenvalue weighted by Crippen LogP contribution is -1.88. The average Bonchev–Trinajstić information content (AvgIpc) is 3.98. The number of H-pyrrole nitrogens is 1. The van der Waals surface area contributed by atoms with Crippen molar-refractivity contribution in [2.24, 2.45) is 0 Å². The Morgan fingerprint density at radius 3 is 1.18 bits per heavy atom. The largest absolute Gasteiger partial charge is 0.354 e. The summed E-state index contributed by atoms with van der Waals surface area (Å²) in [6, 6.07) is 49.3. The van der Waals surface area contributed by atoms with Gasteiger partial charge in [0.25, 0.3) is 0 Å². The highest BCUT2D eigenvalue weighted by Gasteiger charge is 2.18. The fourth-order valence-electron chi connectivity index (χ4n) is 6.82. The van der Waals surface area contributed by atoms with Gasteiger partial charge in [0, 0.05) is 42.7 Å². The SMILES string of the molecule is Cc1ccc(-c2c3nc(c(-c4ccccc4)c4ccc([nH]4)c(-c4ccccc4)c4nc(c(-c5ccccc5)c5ccc2s5)C=C4)C=C3)cc1. The molecule has 1 N–H and O–H groups in total. The van der Waals surface area contributed by atoms with Crippen LogP contribution in [0.5, 0.6) is 0 Å². The van der Waals surface area contributed by atoms with Crippen molar-refractivity contribution in [1.82, 2.24) is 15.0 Å². The minimum atomic E-state index is 0.925. The first-order valence-corrected chi connectivity index (χ1v) is 17.3. The zero-order valence-electron chi connectivity index (χ0n) is 26.9. The maximum absolute atomic E-state index is 5.40. The van der Waals surface area contributed by atoms with Crippen LogP contribution in [0.1, 0.15) is 28.3 Å². The van der Waals surface area contributed by atoms with E-state index in [-0.39, 0.29) is 0 Å². The quantitative estimate of drug-likeness (QED) is 0.207. The van der Waals surface area contributed by atoms with Crippen LogP contribution in [0, 0.1) is 6.92 Å². The van der Waals surface area contributed by atoms with Crippen molar-refractivity contribution in [1.29, 1.82) is 0 Å². The summed E-state index contributed by atoms with van der Waals surface area (Å²) >= 11 is 1.79. The van der Waals surface area contributed by atoms with E-state index in [1.54, 1.807) is 11.3 Å². The molecule has 49 heavy (non-hydrogen) atoms. The lowest BCUT2D eigenvalue weighted by atomic mass is 10.0. The highest BCUT2D eigenvalue weighted by molar-refractivity contribution is 7.24. The molecule has 2 aliphatic rings. The molecule has 0 fully saturated rings. The van der Waals surface area contributed by atoms with Gasteiger partial charge in [-0.1, -0.05) is 121 Å². The van der Waals surface area contributed by atoms with Gasteiger partial charge in [0.2, 0.25) is 0 Å². The number of hydrogen-bond acceptors (Lipinski definition) is 3. The van der Waals surface area contributed by atoms with E-state index < -0.39 is 0 Å². The summed E-state index contributed by atoms with van der Waals surface area (Å²) in [6.45, 7) is 2.13. The number of nitrogens with zero attached hydrogens (tertiary/aromatic N) is 2. The Labute approximate surface area is 289 Å². The second-order valence-electron chi connectivity index (χ2n) is 12.3. The van der Waals surface area contributed by atoms with Crippen molar-refractivity contribution in [2.45, 2.75) is 6.92 Å². The zero-order valence-corrected chi connectivity index (χ0v) is 27.7. The molecule has 0 radical (unpaired) electrons. The molecule has 9 rings (SSSR count). The van der Waals surface area contributed by atoms with Gasteiger partial charge in [0.15, 0.2) is 0 Å². The number of hydrogen-bond donors (Lipinski definition) is 1. The number of aromatic amines is 1. The predicted octanol–water partition coefficient (Wildman–Crippen LogP) is 12.4. The van der Waals surface area contributed by atoms with Crippen molar-refractivity contribution >= 4 is 56.1 Å². The maximum Gasteiger partial charge on any atom is 0.0737 e. The van der Waals surface area contributed by atoms with Gasteiger partial charge < -0.3 is 4.98 Å². The number of rotatable bonds is 4. The highest BCUT2D eigenvalue weighted by Crippen LogP contribution is 2.41. The molecule has 2 aliphatic heterocycles. The zero-order chi connectivity index (χ0) is 32.7. The second kappa shape index (κ2) is 12.2. The molecule has 3 aromatic heterocycles. The Morgan fingerprint density at radius 2 is 0.755 bits per heavy atom. The van der Waals surface area contributed by atoms with Gasteiger partial charge in [0.1, 0.15) is 0 Å². The Bertz CT molecular complexity index is 2540. The molecule has 0 amide bonds. The van der Waals surface area contributed by atoms with Gasteiger partial charge in [0.05, 0.1) is 22.8 Å². The first kappa shape index (κ1) is 29.1. The molecule has 4 heteroatoms. The van der Waals surface area contributed by atoms with Crippen molar-refractivity contribution in [2.75, 3.05) is 0 Å². The van der Waals surface area contributed by atoms with Crippen LogP contribution >= 0.6 is 11.3 Å². The van der Waals surface area contributed by atoms with E-state index in [1.807, 2.05) is 0 Å². The molecule has 0 saturated carbocycles. The first-order valence-electron chi connectivity index (χ1n) is 16.5. The Hall–Kier alpha value is -6.10. The lowest BCUT2D eigenvalue weighted by molar-refractivity contribution is 1.32. The summed E-state index contributed by atoms with van der Waals surface area (Å²) in [5.74, 6) is 0. The van der Waals surface area contributed by atoms with E-state index >= 15 is 0 Å². The lowest BCUT2D eigenvalue weighted by Gasteiger charge is -2.06. The number of aromatic nitrogens is 3. The first-order chi connectivity index (χ1) is 24.2. The van der Waals surface area contributed by atoms with Crippen LogP contribution < -0.4 is 0 Å². The standard InChI is InChI=1S/C45H31N3S/c1-29-17-19-33(20-18-29)45-39-26-24-37(48-39)43(31-13-7-3-8-14-31)35-22-21-34(46-35)42(30-11-5-2-6-12-30)36-23-25-38(47-36)44(32-15-9-4-10-16-32)40-27-28-41(45)49-40/h2-28,46H,1H3. The number of benzene rings is 4. The second-order valence-corrected chi connectivity index (χ2v) is 13.4. The van der Waals surface area contributed by atoms with Gasteiger partial charge in [-0.25, -0.2) is 9.97 Å². The summed E-state index contributed by atoms with van der Waals surface area (Å²) in [6.07, 6.45) is 8.65. The van der Waals surface area contributed by atoms with Crippen LogP contribution in [0.15, 0.2) is 140 Å². The number of thiophene rings is 1. The Morgan fingerprint density at radius 1 is 0.388 bits per heavy atom. The fraction of sp³-hybridized carbons (Fsp3) is 0.0222. The number of fused-ring (bicyclic) bond motifs is 8. The molecule has 0 spiro atoms. The van der Waals surface area contributed by atoms with Gasteiger partial charge >= 0.3 is 0 Å². The van der Waals surface area contributed by atoms with Gasteiger partial charge in [-0.3, -0.25) is 0 Å². The highest BCUT2D eigenvalue weighted by atomic mass is 32.1. The van der Waals surface area contributed by atoms with Crippen LogP contribution in [-0.2, 0) is 0 Å². The molecular weight excluding hydrogens is 615 g/mol. The van der Waals surface area contributed by atoms with Crippen molar-refractivity contribution < 1.29 is 0 Å². The normalized spacial score (nSPS) is 12.0. The van der Waals surface area contributed by atoms with E-state index in [9.17, 15) is 0 Å². The third-order valence-electron chi connectivity index (χ3n) is 9.16. The van der Waals surface area contributed by atoms with Crippen LogP contribution in [0.3, 0.4) is 0 Å². The minimum Gasteiger partial charge on any atom is -0.354 e. The maximum atomic E-state index is 5.40. The van der Waals surface area contributed by atoms with Crippen LogP contribution in [-0.4, -0.2) is 15.0 Å². The Balaban J connectivity index is 1.48. The van der Waals surface area contributed by atoms with E-state index in [0.29, 0.717) is 0 Å². The summed E-state index contributed by atoms with van der Waals surface area (Å²) < 4.78 is 2.32. The summed E-state index contributed by atoms with van der Waals surface area (Å²) in [4.78, 5) is 14.6. The smallest absolute Gasteiger partial charge is 0.0737 e. The number of aryl methyl sites for hydroxylation is 1. The third kappa shape index (κ3) is 5.33. The van der Waals surface area contributed by atoms with E-state index in [1.165, 1.54) is 5.56 Å². The van der Waals surface area contributed by atoms with Crippen molar-refractivity contribution in [3.05, 3.63) is 168 Å². The fourth-order valence-corrected chi connectivity index (χ4v) is 7.98. The topological polar surface area (TPSA) is 41.6 Å². The summed E-state index contributed by atoms with van der Waals surface area (Å²) in [7, 11) is 0. The molecule has 0 saturated heterocycles. The monoisotopic (exact) mass is 645 g/mol. The van der Waals surface area contributed by atoms with Gasteiger partial charge in [-0.15, -0.1) is 11.3 Å². The number of nitrogens with one attached hydrogen (secondary N) is 1. The molecule has 0 aliphatic carbocycles. The molecule has 0 unspecified atom stereocenters. The van der Waals surface area contributed by atoms with Crippen LogP contribution in [0.4, 0.5) is 0 Å². The minimum absolute atomic E-state index is 0.925. The predicted molar refractivity (Wildman–Crippen MR) is 209 cm³/mol. The van der Waals surface area contributed by atoms with E-state index in [2.05, 4.69) is 176 Å². The van der Waals surface area contributed by atoms with E-state index in [0.717, 1.165) is 87.7 Å². The molecule has 232 valence electrons. The van der Waals surface area contributed by atoms with Crippen LogP contribution in [0.25, 0.3) is 89.2 Å². The molecule has 8 bridgehead atoms. The Kier molecular flexibility index (Phi) is 7.22.